The van der Waals surface area contributed by atoms with Crippen molar-refractivity contribution in [2.45, 2.75) is 19.8 Å². The molecular weight excluding hydrogens is 254 g/mol. The minimum atomic E-state index is -0.241. The van der Waals surface area contributed by atoms with Gasteiger partial charge in [0.2, 0.25) is 5.91 Å². The van der Waals surface area contributed by atoms with Crippen LogP contribution in [0, 0.1) is 6.92 Å². The molecule has 2 rings (SSSR count). The zero-order valence-electron chi connectivity index (χ0n) is 11.2. The number of rotatable bonds is 5. The second-order valence-corrected chi connectivity index (χ2v) is 4.43. The van der Waals surface area contributed by atoms with Crippen molar-refractivity contribution in [1.82, 2.24) is 10.2 Å². The number of carbonyl (C=O) groups is 2. The van der Waals surface area contributed by atoms with Crippen LogP contribution in [-0.2, 0) is 9.59 Å². The van der Waals surface area contributed by atoms with Crippen molar-refractivity contribution < 1.29 is 9.59 Å². The van der Waals surface area contributed by atoms with E-state index in [2.05, 4.69) is 15.5 Å². The molecule has 0 saturated heterocycles. The summed E-state index contributed by atoms with van der Waals surface area (Å²) in [6, 6.07) is 11.5. The standard InChI is InChI=1S/C15H15N3O2/c1-11-4-2-5-12(10-11)13-7-8-14(18-17-13)16-15(20)6-3-9-19/h2,4-5,7-10H,3,6H2,1H3,(H,16,18,20). The number of amides is 1. The van der Waals surface area contributed by atoms with Crippen molar-refractivity contribution in [3.63, 3.8) is 0 Å². The molecule has 5 nitrogen and oxygen atoms in total. The predicted octanol–water partition coefficient (Wildman–Crippen LogP) is 2.37. The topological polar surface area (TPSA) is 72.0 Å². The first-order chi connectivity index (χ1) is 9.69. The Labute approximate surface area is 117 Å². The minimum Gasteiger partial charge on any atom is -0.309 e. The highest BCUT2D eigenvalue weighted by atomic mass is 16.1. The molecule has 0 aliphatic heterocycles. The van der Waals surface area contributed by atoms with Gasteiger partial charge in [0.25, 0.3) is 0 Å². The van der Waals surface area contributed by atoms with E-state index < -0.39 is 0 Å². The molecule has 1 aromatic carbocycles. The lowest BCUT2D eigenvalue weighted by Gasteiger charge is -2.04. The second kappa shape index (κ2) is 6.56. The highest BCUT2D eigenvalue weighted by Crippen LogP contribution is 2.18. The van der Waals surface area contributed by atoms with E-state index in [1.54, 1.807) is 12.1 Å². The zero-order chi connectivity index (χ0) is 14.4. The number of nitrogens with zero attached hydrogens (tertiary/aromatic N) is 2. The molecule has 0 aliphatic carbocycles. The van der Waals surface area contributed by atoms with Crippen LogP contribution in [0.1, 0.15) is 18.4 Å². The van der Waals surface area contributed by atoms with E-state index in [4.69, 9.17) is 0 Å². The monoisotopic (exact) mass is 269 g/mol. The van der Waals surface area contributed by atoms with Gasteiger partial charge in [0.15, 0.2) is 5.82 Å². The molecule has 1 heterocycles. The summed E-state index contributed by atoms with van der Waals surface area (Å²) in [5.74, 6) is 0.145. The number of benzene rings is 1. The predicted molar refractivity (Wildman–Crippen MR) is 76.1 cm³/mol. The SMILES string of the molecule is Cc1cccc(-c2ccc(NC(=O)CCC=O)nn2)c1. The number of aldehydes is 1. The molecule has 0 aliphatic rings. The Morgan fingerprint density at radius 2 is 2.10 bits per heavy atom. The molecule has 0 unspecified atom stereocenters. The summed E-state index contributed by atoms with van der Waals surface area (Å²) < 4.78 is 0. The molecule has 0 atom stereocenters. The number of anilines is 1. The normalized spacial score (nSPS) is 10.1. The summed E-state index contributed by atoms with van der Waals surface area (Å²) in [7, 11) is 0. The van der Waals surface area contributed by atoms with Gasteiger partial charge < -0.3 is 10.1 Å². The van der Waals surface area contributed by atoms with Gasteiger partial charge in [-0.05, 0) is 25.1 Å². The van der Waals surface area contributed by atoms with Crippen LogP contribution in [0.3, 0.4) is 0 Å². The Morgan fingerprint density at radius 3 is 2.75 bits per heavy atom. The van der Waals surface area contributed by atoms with Gasteiger partial charge in [0.05, 0.1) is 5.69 Å². The second-order valence-electron chi connectivity index (χ2n) is 4.43. The van der Waals surface area contributed by atoms with Crippen molar-refractivity contribution in [2.75, 3.05) is 5.32 Å². The highest BCUT2D eigenvalue weighted by molar-refractivity contribution is 5.90. The van der Waals surface area contributed by atoms with Gasteiger partial charge in [-0.3, -0.25) is 4.79 Å². The third-order valence-electron chi connectivity index (χ3n) is 2.74. The van der Waals surface area contributed by atoms with E-state index in [-0.39, 0.29) is 18.7 Å². The van der Waals surface area contributed by atoms with Crippen molar-refractivity contribution in [2.24, 2.45) is 0 Å². The van der Waals surface area contributed by atoms with Gasteiger partial charge in [-0.15, -0.1) is 10.2 Å². The van der Waals surface area contributed by atoms with E-state index in [1.165, 1.54) is 0 Å². The van der Waals surface area contributed by atoms with E-state index >= 15 is 0 Å². The lowest BCUT2D eigenvalue weighted by Crippen LogP contribution is -2.12. The van der Waals surface area contributed by atoms with E-state index in [9.17, 15) is 9.59 Å². The third kappa shape index (κ3) is 3.71. The summed E-state index contributed by atoms with van der Waals surface area (Å²) in [6.45, 7) is 2.01. The molecule has 20 heavy (non-hydrogen) atoms. The summed E-state index contributed by atoms with van der Waals surface area (Å²) in [5, 5.41) is 10.6. The number of aryl methyl sites for hydroxylation is 1. The largest absolute Gasteiger partial charge is 0.309 e. The average molecular weight is 269 g/mol. The maximum atomic E-state index is 11.4. The molecule has 1 N–H and O–H groups in total. The number of hydrogen-bond acceptors (Lipinski definition) is 4. The van der Waals surface area contributed by atoms with Gasteiger partial charge in [0.1, 0.15) is 6.29 Å². The van der Waals surface area contributed by atoms with Crippen molar-refractivity contribution in [3.8, 4) is 11.3 Å². The molecule has 0 saturated carbocycles. The Bertz CT molecular complexity index is 609. The summed E-state index contributed by atoms with van der Waals surface area (Å²) in [5.41, 5.74) is 2.88. The number of carbonyl (C=O) groups excluding carboxylic acids is 2. The molecule has 2 aromatic rings. The minimum absolute atomic E-state index is 0.158. The molecule has 102 valence electrons. The van der Waals surface area contributed by atoms with Gasteiger partial charge in [-0.25, -0.2) is 0 Å². The van der Waals surface area contributed by atoms with Crippen LogP contribution in [0.5, 0.6) is 0 Å². The molecule has 0 spiro atoms. The molecule has 0 radical (unpaired) electrons. The van der Waals surface area contributed by atoms with Crippen LogP contribution in [0.2, 0.25) is 0 Å². The summed E-state index contributed by atoms with van der Waals surface area (Å²) in [6.07, 6.45) is 1.08. The van der Waals surface area contributed by atoms with E-state index in [1.807, 2.05) is 31.2 Å². The van der Waals surface area contributed by atoms with E-state index in [0.29, 0.717) is 12.1 Å². The Hall–Kier alpha value is -2.56. The fourth-order valence-corrected chi connectivity index (χ4v) is 1.75. The van der Waals surface area contributed by atoms with Crippen LogP contribution >= 0.6 is 0 Å². The highest BCUT2D eigenvalue weighted by Gasteiger charge is 2.05. The first-order valence-corrected chi connectivity index (χ1v) is 6.33. The third-order valence-corrected chi connectivity index (χ3v) is 2.74. The first-order valence-electron chi connectivity index (χ1n) is 6.33. The van der Waals surface area contributed by atoms with Crippen molar-refractivity contribution >= 4 is 18.0 Å². The van der Waals surface area contributed by atoms with Crippen molar-refractivity contribution in [3.05, 3.63) is 42.0 Å². The molecule has 1 amide bonds. The van der Waals surface area contributed by atoms with Gasteiger partial charge in [-0.1, -0.05) is 23.8 Å². The summed E-state index contributed by atoms with van der Waals surface area (Å²) >= 11 is 0. The molecule has 0 bridgehead atoms. The van der Waals surface area contributed by atoms with Crippen LogP contribution < -0.4 is 5.32 Å². The zero-order valence-corrected chi connectivity index (χ0v) is 11.2. The molecule has 5 heteroatoms. The molecular formula is C15H15N3O2. The van der Waals surface area contributed by atoms with Gasteiger partial charge in [-0.2, -0.15) is 0 Å². The average Bonchev–Trinajstić information content (AvgIpc) is 2.46. The fraction of sp³-hybridized carbons (Fsp3) is 0.200. The lowest BCUT2D eigenvalue weighted by atomic mass is 10.1. The smallest absolute Gasteiger partial charge is 0.226 e. The quantitative estimate of drug-likeness (QED) is 0.846. The first kappa shape index (κ1) is 13.9. The fourth-order valence-electron chi connectivity index (χ4n) is 1.75. The van der Waals surface area contributed by atoms with Gasteiger partial charge >= 0.3 is 0 Å². The molecule has 0 fully saturated rings. The summed E-state index contributed by atoms with van der Waals surface area (Å²) in [4.78, 5) is 21.6. The maximum Gasteiger partial charge on any atom is 0.226 e. The Kier molecular flexibility index (Phi) is 4.55. The Balaban J connectivity index is 2.06. The number of hydrogen-bond donors (Lipinski definition) is 1. The lowest BCUT2D eigenvalue weighted by molar-refractivity contribution is -0.118. The molecule has 1 aromatic heterocycles. The number of aromatic nitrogens is 2. The Morgan fingerprint density at radius 1 is 1.25 bits per heavy atom. The van der Waals surface area contributed by atoms with Crippen LogP contribution in [0.15, 0.2) is 36.4 Å². The maximum absolute atomic E-state index is 11.4. The van der Waals surface area contributed by atoms with Crippen LogP contribution in [-0.4, -0.2) is 22.4 Å². The van der Waals surface area contributed by atoms with E-state index in [0.717, 1.165) is 16.8 Å². The van der Waals surface area contributed by atoms with Gasteiger partial charge in [0, 0.05) is 18.4 Å². The number of nitrogens with one attached hydrogen (secondary N) is 1. The van der Waals surface area contributed by atoms with Crippen LogP contribution in [0.25, 0.3) is 11.3 Å². The van der Waals surface area contributed by atoms with Crippen LogP contribution in [0.4, 0.5) is 5.82 Å². The van der Waals surface area contributed by atoms with Crippen molar-refractivity contribution in [1.29, 1.82) is 0 Å².